The highest BCUT2D eigenvalue weighted by atomic mass is 79.9. The Balaban J connectivity index is 4.39. The normalized spacial score (nSPS) is 12.0. The van der Waals surface area contributed by atoms with Gasteiger partial charge in [-0.3, -0.25) is 9.59 Å². The van der Waals surface area contributed by atoms with Crippen molar-refractivity contribution in [2.24, 2.45) is 5.92 Å². The SMILES string of the molecule is CCCCCCCCC(CCCCCC)COC(=O)CCCCCN(CCCCCCCC)C(=O)CCCCCCCBr. The number of unbranched alkanes of at least 4 members (excludes halogenated alkanes) is 19. The third kappa shape index (κ3) is 29.9. The standard InChI is InChI=1S/C38H74BrNO3/c1-4-7-10-13-16-22-29-36(28-21-12-9-6-3)35-43-38(42)31-24-20-27-34-40(33-26-19-14-11-8-5-2)37(41)30-23-17-15-18-25-32-39/h36H,4-35H2,1-3H3. The maximum atomic E-state index is 13.0. The number of halogens is 1. The van der Waals surface area contributed by atoms with E-state index in [9.17, 15) is 9.59 Å². The molecule has 0 aliphatic heterocycles. The zero-order chi connectivity index (χ0) is 31.6. The van der Waals surface area contributed by atoms with Gasteiger partial charge in [-0.05, 0) is 50.9 Å². The molecule has 1 amide bonds. The van der Waals surface area contributed by atoms with Gasteiger partial charge in [-0.2, -0.15) is 0 Å². The molecule has 0 N–H and O–H groups in total. The highest BCUT2D eigenvalue weighted by Crippen LogP contribution is 2.20. The van der Waals surface area contributed by atoms with E-state index < -0.39 is 0 Å². The first-order chi connectivity index (χ1) is 21.1. The molecule has 0 aliphatic carbocycles. The number of ether oxygens (including phenoxy) is 1. The molecule has 0 aliphatic rings. The number of carbonyl (C=O) groups excluding carboxylic acids is 2. The average molecular weight is 673 g/mol. The number of amides is 1. The van der Waals surface area contributed by atoms with Crippen LogP contribution in [0.2, 0.25) is 0 Å². The monoisotopic (exact) mass is 671 g/mol. The Labute approximate surface area is 277 Å². The fourth-order valence-electron chi connectivity index (χ4n) is 5.92. The topological polar surface area (TPSA) is 46.6 Å². The van der Waals surface area contributed by atoms with Gasteiger partial charge in [0.1, 0.15) is 0 Å². The highest BCUT2D eigenvalue weighted by molar-refractivity contribution is 9.09. The predicted molar refractivity (Wildman–Crippen MR) is 191 cm³/mol. The van der Waals surface area contributed by atoms with Crippen LogP contribution in [0.5, 0.6) is 0 Å². The van der Waals surface area contributed by atoms with Crippen LogP contribution in [0.1, 0.15) is 201 Å². The third-order valence-electron chi connectivity index (χ3n) is 8.88. The molecule has 0 aromatic heterocycles. The minimum atomic E-state index is -0.0265. The van der Waals surface area contributed by atoms with Gasteiger partial charge in [-0.15, -0.1) is 0 Å². The molecule has 0 aromatic carbocycles. The molecular weight excluding hydrogens is 598 g/mol. The van der Waals surface area contributed by atoms with Crippen molar-refractivity contribution in [2.75, 3.05) is 25.0 Å². The highest BCUT2D eigenvalue weighted by Gasteiger charge is 2.14. The van der Waals surface area contributed by atoms with Crippen LogP contribution < -0.4 is 0 Å². The van der Waals surface area contributed by atoms with Gasteiger partial charge in [-0.1, -0.05) is 159 Å². The molecule has 256 valence electrons. The minimum Gasteiger partial charge on any atom is -0.465 e. The Morgan fingerprint density at radius 1 is 0.535 bits per heavy atom. The van der Waals surface area contributed by atoms with E-state index in [1.807, 2.05) is 0 Å². The summed E-state index contributed by atoms with van der Waals surface area (Å²) in [6, 6.07) is 0. The molecule has 1 atom stereocenters. The fraction of sp³-hybridized carbons (Fsp3) is 0.947. The summed E-state index contributed by atoms with van der Waals surface area (Å²) in [6.07, 6.45) is 32.9. The van der Waals surface area contributed by atoms with Gasteiger partial charge in [0, 0.05) is 31.3 Å². The van der Waals surface area contributed by atoms with Crippen molar-refractivity contribution in [3.05, 3.63) is 0 Å². The van der Waals surface area contributed by atoms with Crippen LogP contribution in [-0.4, -0.2) is 41.8 Å². The molecule has 0 fully saturated rings. The summed E-state index contributed by atoms with van der Waals surface area (Å²) in [5.74, 6) is 0.836. The van der Waals surface area contributed by atoms with Crippen molar-refractivity contribution >= 4 is 27.8 Å². The van der Waals surface area contributed by atoms with E-state index in [0.29, 0.717) is 31.3 Å². The summed E-state index contributed by atoms with van der Waals surface area (Å²) in [7, 11) is 0. The fourth-order valence-corrected chi connectivity index (χ4v) is 6.32. The van der Waals surface area contributed by atoms with E-state index in [1.54, 1.807) is 0 Å². The second-order valence-electron chi connectivity index (χ2n) is 13.1. The van der Waals surface area contributed by atoms with Crippen LogP contribution in [0.3, 0.4) is 0 Å². The van der Waals surface area contributed by atoms with Gasteiger partial charge in [0.05, 0.1) is 6.61 Å². The number of hydrogen-bond acceptors (Lipinski definition) is 3. The molecule has 0 bridgehead atoms. The predicted octanol–water partition coefficient (Wildman–Crippen LogP) is 12.4. The Morgan fingerprint density at radius 3 is 1.51 bits per heavy atom. The maximum absolute atomic E-state index is 13.0. The van der Waals surface area contributed by atoms with Gasteiger partial charge < -0.3 is 9.64 Å². The lowest BCUT2D eigenvalue weighted by Crippen LogP contribution is -2.32. The van der Waals surface area contributed by atoms with Crippen LogP contribution >= 0.6 is 15.9 Å². The van der Waals surface area contributed by atoms with Gasteiger partial charge >= 0.3 is 5.97 Å². The van der Waals surface area contributed by atoms with E-state index in [4.69, 9.17) is 4.74 Å². The second-order valence-corrected chi connectivity index (χ2v) is 13.9. The Morgan fingerprint density at radius 2 is 0.953 bits per heavy atom. The van der Waals surface area contributed by atoms with E-state index >= 15 is 0 Å². The van der Waals surface area contributed by atoms with Crippen molar-refractivity contribution in [3.63, 3.8) is 0 Å². The van der Waals surface area contributed by atoms with E-state index in [1.165, 1.54) is 128 Å². The minimum absolute atomic E-state index is 0.0265. The van der Waals surface area contributed by atoms with Gasteiger partial charge in [0.25, 0.3) is 0 Å². The number of rotatable bonds is 34. The summed E-state index contributed by atoms with van der Waals surface area (Å²) >= 11 is 3.50. The van der Waals surface area contributed by atoms with Crippen molar-refractivity contribution in [3.8, 4) is 0 Å². The Kier molecular flexibility index (Phi) is 33.8. The van der Waals surface area contributed by atoms with E-state index in [2.05, 4.69) is 41.6 Å². The van der Waals surface area contributed by atoms with E-state index in [0.717, 1.165) is 56.9 Å². The number of esters is 1. The first kappa shape index (κ1) is 42.4. The number of alkyl halides is 1. The molecule has 4 nitrogen and oxygen atoms in total. The van der Waals surface area contributed by atoms with Crippen LogP contribution in [0.25, 0.3) is 0 Å². The van der Waals surface area contributed by atoms with Crippen molar-refractivity contribution in [1.29, 1.82) is 0 Å². The van der Waals surface area contributed by atoms with Gasteiger partial charge in [0.2, 0.25) is 5.91 Å². The van der Waals surface area contributed by atoms with Gasteiger partial charge in [-0.25, -0.2) is 0 Å². The molecule has 0 aromatic rings. The summed E-state index contributed by atoms with van der Waals surface area (Å²) < 4.78 is 5.79. The van der Waals surface area contributed by atoms with Crippen molar-refractivity contribution < 1.29 is 14.3 Å². The summed E-state index contributed by atoms with van der Waals surface area (Å²) in [5.41, 5.74) is 0. The van der Waals surface area contributed by atoms with Crippen molar-refractivity contribution in [1.82, 2.24) is 4.90 Å². The Hall–Kier alpha value is -0.580. The number of carbonyl (C=O) groups is 2. The van der Waals surface area contributed by atoms with Crippen molar-refractivity contribution in [2.45, 2.75) is 201 Å². The average Bonchev–Trinajstić information content (AvgIpc) is 3.01. The number of nitrogens with zero attached hydrogens (tertiary/aromatic N) is 1. The molecule has 0 saturated carbocycles. The molecule has 1 unspecified atom stereocenters. The summed E-state index contributed by atoms with van der Waals surface area (Å²) in [6.45, 7) is 9.12. The zero-order valence-corrected chi connectivity index (χ0v) is 30.8. The number of hydrogen-bond donors (Lipinski definition) is 0. The summed E-state index contributed by atoms with van der Waals surface area (Å²) in [4.78, 5) is 27.7. The van der Waals surface area contributed by atoms with E-state index in [-0.39, 0.29) is 5.97 Å². The van der Waals surface area contributed by atoms with Crippen LogP contribution in [0.4, 0.5) is 0 Å². The van der Waals surface area contributed by atoms with Gasteiger partial charge in [0.15, 0.2) is 0 Å². The quantitative estimate of drug-likeness (QED) is 0.0388. The van der Waals surface area contributed by atoms with Crippen LogP contribution in [-0.2, 0) is 14.3 Å². The molecule has 0 heterocycles. The van der Waals surface area contributed by atoms with Crippen LogP contribution in [0, 0.1) is 5.92 Å². The smallest absolute Gasteiger partial charge is 0.305 e. The second kappa shape index (κ2) is 34.3. The Bertz CT molecular complexity index is 600. The molecule has 0 radical (unpaired) electrons. The largest absolute Gasteiger partial charge is 0.465 e. The maximum Gasteiger partial charge on any atom is 0.305 e. The first-order valence-corrected chi connectivity index (χ1v) is 20.2. The molecule has 0 spiro atoms. The molecule has 0 rings (SSSR count). The molecular formula is C38H74BrNO3. The molecule has 0 saturated heterocycles. The molecule has 43 heavy (non-hydrogen) atoms. The lowest BCUT2D eigenvalue weighted by Gasteiger charge is -2.23. The molecule has 5 heteroatoms. The lowest BCUT2D eigenvalue weighted by molar-refractivity contribution is -0.145. The first-order valence-electron chi connectivity index (χ1n) is 19.1. The third-order valence-corrected chi connectivity index (χ3v) is 9.44. The lowest BCUT2D eigenvalue weighted by atomic mass is 9.95. The van der Waals surface area contributed by atoms with Crippen LogP contribution in [0.15, 0.2) is 0 Å². The summed E-state index contributed by atoms with van der Waals surface area (Å²) in [5, 5.41) is 1.08. The zero-order valence-electron chi connectivity index (χ0n) is 29.3.